The molecule has 0 radical (unpaired) electrons. The van der Waals surface area contributed by atoms with E-state index in [0.29, 0.717) is 6.54 Å². The molecule has 0 bridgehead atoms. The highest BCUT2D eigenvalue weighted by Crippen LogP contribution is 2.26. The molecule has 0 aliphatic rings. The summed E-state index contributed by atoms with van der Waals surface area (Å²) in [6, 6.07) is 11.8. The van der Waals surface area contributed by atoms with Crippen LogP contribution in [0.2, 0.25) is 0 Å². The van der Waals surface area contributed by atoms with Crippen LogP contribution in [0.3, 0.4) is 0 Å². The van der Waals surface area contributed by atoms with Gasteiger partial charge in [-0.15, -0.1) is 0 Å². The minimum atomic E-state index is 0.491. The van der Waals surface area contributed by atoms with Gasteiger partial charge in [-0.05, 0) is 39.7 Å². The maximum absolute atomic E-state index is 5.76. The Morgan fingerprint density at radius 1 is 1.10 bits per heavy atom. The second-order valence-electron chi connectivity index (χ2n) is 4.37. The van der Waals surface area contributed by atoms with Gasteiger partial charge in [-0.1, -0.05) is 18.2 Å². The first kappa shape index (κ1) is 13.0. The zero-order valence-electron chi connectivity index (χ0n) is 10.7. The Hall–Kier alpha value is -1.98. The van der Waals surface area contributed by atoms with Gasteiger partial charge in [0.25, 0.3) is 0 Å². The third-order valence-electron chi connectivity index (χ3n) is 3.05. The van der Waals surface area contributed by atoms with Crippen molar-refractivity contribution in [1.29, 1.82) is 0 Å². The van der Waals surface area contributed by atoms with Gasteiger partial charge in [0, 0.05) is 29.1 Å². The maximum atomic E-state index is 5.76. The molecule has 0 spiro atoms. The minimum Gasteiger partial charge on any atom is -0.353 e. The molecule has 3 N–H and O–H groups in total. The number of pyridine rings is 2. The Morgan fingerprint density at radius 3 is 2.80 bits per heavy atom. The van der Waals surface area contributed by atoms with Crippen molar-refractivity contribution in [2.75, 3.05) is 5.32 Å². The molecule has 3 rings (SSSR count). The third kappa shape index (κ3) is 2.50. The summed E-state index contributed by atoms with van der Waals surface area (Å²) in [5.74, 6) is 0. The lowest BCUT2D eigenvalue weighted by atomic mass is 10.1. The van der Waals surface area contributed by atoms with Crippen LogP contribution in [-0.2, 0) is 6.54 Å². The molecule has 0 saturated carbocycles. The molecule has 2 aromatic heterocycles. The second kappa shape index (κ2) is 5.56. The normalized spacial score (nSPS) is 10.7. The highest BCUT2D eigenvalue weighted by atomic mass is 79.9. The quantitative estimate of drug-likeness (QED) is 0.771. The number of nitrogens with zero attached hydrogens (tertiary/aromatic N) is 2. The van der Waals surface area contributed by atoms with Gasteiger partial charge in [-0.2, -0.15) is 0 Å². The number of nitrogens with one attached hydrogen (secondary N) is 1. The molecular weight excluding hydrogens is 316 g/mol. The fourth-order valence-corrected chi connectivity index (χ4v) is 2.39. The lowest BCUT2D eigenvalue weighted by molar-refractivity contribution is 1.07. The average Bonchev–Trinajstić information content (AvgIpc) is 2.47. The number of anilines is 2. The van der Waals surface area contributed by atoms with E-state index in [4.69, 9.17) is 5.73 Å². The number of benzene rings is 1. The molecule has 3 aromatic rings. The zero-order valence-corrected chi connectivity index (χ0v) is 12.3. The van der Waals surface area contributed by atoms with Gasteiger partial charge in [0.2, 0.25) is 0 Å². The van der Waals surface area contributed by atoms with E-state index in [-0.39, 0.29) is 0 Å². The monoisotopic (exact) mass is 328 g/mol. The van der Waals surface area contributed by atoms with Gasteiger partial charge < -0.3 is 11.1 Å². The number of hydrogen-bond donors (Lipinski definition) is 2. The van der Waals surface area contributed by atoms with Crippen LogP contribution < -0.4 is 11.1 Å². The Bertz CT molecular complexity index is 758. The summed E-state index contributed by atoms with van der Waals surface area (Å²) in [5.41, 5.74) is 10.4. The lowest BCUT2D eigenvalue weighted by Crippen LogP contribution is -2.02. The number of nitrogens with two attached hydrogens (primary N) is 1. The molecule has 0 aliphatic heterocycles. The van der Waals surface area contributed by atoms with Crippen LogP contribution >= 0.6 is 15.9 Å². The van der Waals surface area contributed by atoms with E-state index in [1.54, 1.807) is 12.4 Å². The number of para-hydroxylation sites is 1. The van der Waals surface area contributed by atoms with Gasteiger partial charge in [-0.3, -0.25) is 9.97 Å². The van der Waals surface area contributed by atoms with E-state index in [1.807, 2.05) is 36.4 Å². The first-order valence-electron chi connectivity index (χ1n) is 6.23. The van der Waals surface area contributed by atoms with Crippen LogP contribution in [0.25, 0.3) is 11.0 Å². The fraction of sp³-hybridized carbons (Fsp3) is 0.0667. The molecule has 5 heteroatoms. The van der Waals surface area contributed by atoms with Crippen LogP contribution in [0.15, 0.2) is 53.3 Å². The summed E-state index contributed by atoms with van der Waals surface area (Å²) in [4.78, 5) is 8.76. The second-order valence-corrected chi connectivity index (χ2v) is 5.28. The van der Waals surface area contributed by atoms with Crippen molar-refractivity contribution in [3.05, 3.63) is 58.8 Å². The van der Waals surface area contributed by atoms with E-state index in [0.717, 1.165) is 32.4 Å². The molecule has 0 fully saturated rings. The number of fused-ring (bicyclic) bond motifs is 1. The number of halogens is 1. The highest BCUT2D eigenvalue weighted by molar-refractivity contribution is 9.10. The van der Waals surface area contributed by atoms with Gasteiger partial charge in [-0.25, -0.2) is 0 Å². The molecule has 0 saturated heterocycles. The van der Waals surface area contributed by atoms with Crippen molar-refractivity contribution in [2.45, 2.75) is 6.54 Å². The SMILES string of the molecule is NCc1ccccc1Nc1ccnc2cc(Br)cnc12. The summed E-state index contributed by atoms with van der Waals surface area (Å²) in [6.45, 7) is 0.491. The molecule has 1 aromatic carbocycles. The first-order valence-corrected chi connectivity index (χ1v) is 7.02. The minimum absolute atomic E-state index is 0.491. The van der Waals surface area contributed by atoms with Crippen molar-refractivity contribution < 1.29 is 0 Å². The summed E-state index contributed by atoms with van der Waals surface area (Å²) in [6.07, 6.45) is 3.54. The summed E-state index contributed by atoms with van der Waals surface area (Å²) < 4.78 is 0.914. The molecule has 4 nitrogen and oxygen atoms in total. The first-order chi connectivity index (χ1) is 9.78. The van der Waals surface area contributed by atoms with Crippen molar-refractivity contribution in [1.82, 2.24) is 9.97 Å². The molecule has 100 valence electrons. The van der Waals surface area contributed by atoms with Crippen LogP contribution in [0.4, 0.5) is 11.4 Å². The van der Waals surface area contributed by atoms with E-state index < -0.39 is 0 Å². The molecule has 20 heavy (non-hydrogen) atoms. The summed E-state index contributed by atoms with van der Waals surface area (Å²) in [7, 11) is 0. The standard InChI is InChI=1S/C15H13BrN4/c16-11-7-14-15(19-9-11)13(5-6-18-14)20-12-4-2-1-3-10(12)8-17/h1-7,9H,8,17H2,(H,18,20). The average molecular weight is 329 g/mol. The summed E-state index contributed by atoms with van der Waals surface area (Å²) >= 11 is 3.41. The molecule has 0 aliphatic carbocycles. The Balaban J connectivity index is 2.07. The van der Waals surface area contributed by atoms with Crippen molar-refractivity contribution in [3.63, 3.8) is 0 Å². The molecule has 2 heterocycles. The predicted molar refractivity (Wildman–Crippen MR) is 84.9 cm³/mol. The smallest absolute Gasteiger partial charge is 0.112 e. The van der Waals surface area contributed by atoms with Crippen molar-refractivity contribution >= 4 is 38.3 Å². The Morgan fingerprint density at radius 2 is 1.95 bits per heavy atom. The van der Waals surface area contributed by atoms with E-state index in [1.165, 1.54) is 0 Å². The maximum Gasteiger partial charge on any atom is 0.112 e. The van der Waals surface area contributed by atoms with E-state index >= 15 is 0 Å². The van der Waals surface area contributed by atoms with Crippen LogP contribution in [0.5, 0.6) is 0 Å². The van der Waals surface area contributed by atoms with Crippen LogP contribution in [0.1, 0.15) is 5.56 Å². The molecule has 0 amide bonds. The zero-order chi connectivity index (χ0) is 13.9. The third-order valence-corrected chi connectivity index (χ3v) is 3.48. The van der Waals surface area contributed by atoms with E-state index in [2.05, 4.69) is 31.2 Å². The van der Waals surface area contributed by atoms with Crippen LogP contribution in [0, 0.1) is 0 Å². The predicted octanol–water partition coefficient (Wildman–Crippen LogP) is 3.59. The topological polar surface area (TPSA) is 63.8 Å². The Kier molecular flexibility index (Phi) is 3.62. The van der Waals surface area contributed by atoms with Gasteiger partial charge in [0.05, 0.1) is 11.2 Å². The number of rotatable bonds is 3. The highest BCUT2D eigenvalue weighted by Gasteiger charge is 2.06. The largest absolute Gasteiger partial charge is 0.353 e. The number of hydrogen-bond acceptors (Lipinski definition) is 4. The van der Waals surface area contributed by atoms with Crippen molar-refractivity contribution in [2.24, 2.45) is 5.73 Å². The molecule has 0 unspecified atom stereocenters. The Labute approximate surface area is 125 Å². The van der Waals surface area contributed by atoms with Gasteiger partial charge in [0.1, 0.15) is 5.52 Å². The molecular formula is C15H13BrN4. The van der Waals surface area contributed by atoms with Gasteiger partial charge >= 0.3 is 0 Å². The van der Waals surface area contributed by atoms with Gasteiger partial charge in [0.15, 0.2) is 0 Å². The fourth-order valence-electron chi connectivity index (χ4n) is 2.07. The van der Waals surface area contributed by atoms with Crippen molar-refractivity contribution in [3.8, 4) is 0 Å². The number of aromatic nitrogens is 2. The van der Waals surface area contributed by atoms with Crippen LogP contribution in [-0.4, -0.2) is 9.97 Å². The lowest BCUT2D eigenvalue weighted by Gasteiger charge is -2.12. The van der Waals surface area contributed by atoms with E-state index in [9.17, 15) is 0 Å². The summed E-state index contributed by atoms with van der Waals surface area (Å²) in [5, 5.41) is 3.39. The molecule has 0 atom stereocenters.